The number of carbonyl (C=O) groups is 1. The van der Waals surface area contributed by atoms with E-state index in [4.69, 9.17) is 4.74 Å². The lowest BCUT2D eigenvalue weighted by molar-refractivity contribution is 0.101. The van der Waals surface area contributed by atoms with Crippen molar-refractivity contribution in [3.8, 4) is 5.75 Å². The zero-order valence-corrected chi connectivity index (χ0v) is 13.4. The molecule has 21 heavy (non-hydrogen) atoms. The van der Waals surface area contributed by atoms with Crippen LogP contribution in [0.2, 0.25) is 0 Å². The predicted molar refractivity (Wildman–Crippen MR) is 82.9 cm³/mol. The van der Waals surface area contributed by atoms with Crippen molar-refractivity contribution < 1.29 is 9.53 Å². The second kappa shape index (κ2) is 6.67. The first-order valence-electron chi connectivity index (χ1n) is 6.45. The van der Waals surface area contributed by atoms with Crippen LogP contribution in [0.15, 0.2) is 39.7 Å². The minimum Gasteiger partial charge on any atom is -0.491 e. The first-order chi connectivity index (χ1) is 10.0. The summed E-state index contributed by atoms with van der Waals surface area (Å²) in [5.74, 6) is 1.09. The van der Waals surface area contributed by atoms with Gasteiger partial charge in [-0.15, -0.1) is 0 Å². The summed E-state index contributed by atoms with van der Waals surface area (Å²) in [4.78, 5) is 27.6. The van der Waals surface area contributed by atoms with Crippen LogP contribution < -0.4 is 10.3 Å². The smallest absolute Gasteiger partial charge is 0.267 e. The average molecular weight is 351 g/mol. The number of para-hydroxylation sites is 1. The van der Waals surface area contributed by atoms with Gasteiger partial charge in [0, 0.05) is 6.20 Å². The molecular weight excluding hydrogens is 336 g/mol. The highest BCUT2D eigenvalue weighted by Gasteiger charge is 2.09. The van der Waals surface area contributed by atoms with Gasteiger partial charge in [-0.2, -0.15) is 0 Å². The number of carbonyl (C=O) groups excluding carboxylic acids is 1. The third kappa shape index (κ3) is 3.58. The van der Waals surface area contributed by atoms with E-state index in [0.29, 0.717) is 28.2 Å². The second-order valence-electron chi connectivity index (χ2n) is 4.51. The van der Waals surface area contributed by atoms with Crippen LogP contribution in [0.25, 0.3) is 0 Å². The van der Waals surface area contributed by atoms with E-state index < -0.39 is 0 Å². The zero-order valence-electron chi connectivity index (χ0n) is 11.8. The number of Topliss-reactive ketones (excluding diaryl/α,β-unsaturated/α-hetero) is 1. The molecule has 110 valence electrons. The highest BCUT2D eigenvalue weighted by atomic mass is 79.9. The van der Waals surface area contributed by atoms with E-state index in [1.807, 2.05) is 0 Å². The fraction of sp³-hybridized carbons (Fsp3) is 0.267. The summed E-state index contributed by atoms with van der Waals surface area (Å²) in [6, 6.07) is 7.05. The average Bonchev–Trinajstić information content (AvgIpc) is 2.47. The Balaban J connectivity index is 2.11. The van der Waals surface area contributed by atoms with Gasteiger partial charge in [-0.25, -0.2) is 4.98 Å². The molecule has 0 atom stereocenters. The van der Waals surface area contributed by atoms with E-state index in [1.54, 1.807) is 31.2 Å². The largest absolute Gasteiger partial charge is 0.491 e. The fourth-order valence-electron chi connectivity index (χ4n) is 1.94. The molecule has 0 bridgehead atoms. The molecule has 5 nitrogen and oxygen atoms in total. The molecule has 0 aliphatic heterocycles. The van der Waals surface area contributed by atoms with E-state index in [-0.39, 0.29) is 17.9 Å². The van der Waals surface area contributed by atoms with Crippen molar-refractivity contribution in [1.82, 2.24) is 9.55 Å². The minimum absolute atomic E-state index is 0.0527. The lowest BCUT2D eigenvalue weighted by Crippen LogP contribution is -2.26. The Kier molecular flexibility index (Phi) is 4.90. The minimum atomic E-state index is -0.147. The first kappa shape index (κ1) is 15.4. The Hall–Kier alpha value is -1.95. The normalized spacial score (nSPS) is 10.4. The Bertz CT molecular complexity index is 725. The number of halogens is 1. The third-order valence-electron chi connectivity index (χ3n) is 3.04. The number of nitrogens with zero attached hydrogens (tertiary/aromatic N) is 2. The summed E-state index contributed by atoms with van der Waals surface area (Å²) in [6.45, 7) is 3.90. The molecule has 1 aromatic heterocycles. The number of aryl methyl sites for hydroxylation is 1. The summed E-state index contributed by atoms with van der Waals surface area (Å²) in [7, 11) is 0. The molecule has 1 aromatic carbocycles. The number of hydrogen-bond acceptors (Lipinski definition) is 4. The van der Waals surface area contributed by atoms with Crippen molar-refractivity contribution in [1.29, 1.82) is 0 Å². The van der Waals surface area contributed by atoms with Crippen LogP contribution in [-0.2, 0) is 6.54 Å². The summed E-state index contributed by atoms with van der Waals surface area (Å²) >= 11 is 3.17. The van der Waals surface area contributed by atoms with Crippen molar-refractivity contribution in [3.63, 3.8) is 0 Å². The van der Waals surface area contributed by atoms with Gasteiger partial charge in [-0.3, -0.25) is 14.2 Å². The van der Waals surface area contributed by atoms with Gasteiger partial charge in [0.15, 0.2) is 5.78 Å². The molecule has 0 saturated heterocycles. The Labute approximate surface area is 130 Å². The fourth-order valence-corrected chi connectivity index (χ4v) is 2.26. The quantitative estimate of drug-likeness (QED) is 0.777. The lowest BCUT2D eigenvalue weighted by Gasteiger charge is -2.12. The SMILES string of the molecule is CC(=O)c1ccccc1OCCn1c(C)ncc(Br)c1=O. The van der Waals surface area contributed by atoms with Gasteiger partial charge in [0.1, 0.15) is 22.7 Å². The summed E-state index contributed by atoms with van der Waals surface area (Å²) in [5, 5.41) is 0. The molecule has 0 spiro atoms. The molecular formula is C15H15BrN2O3. The van der Waals surface area contributed by atoms with Crippen molar-refractivity contribution in [2.75, 3.05) is 6.61 Å². The van der Waals surface area contributed by atoms with Crippen LogP contribution in [0.3, 0.4) is 0 Å². The van der Waals surface area contributed by atoms with Gasteiger partial charge in [-0.05, 0) is 41.9 Å². The maximum atomic E-state index is 12.0. The Morgan fingerprint density at radius 1 is 1.38 bits per heavy atom. The summed E-state index contributed by atoms with van der Waals surface area (Å²) in [6.07, 6.45) is 1.49. The molecule has 0 N–H and O–H groups in total. The number of aromatic nitrogens is 2. The van der Waals surface area contributed by atoms with Gasteiger partial charge in [0.25, 0.3) is 5.56 Å². The third-order valence-corrected chi connectivity index (χ3v) is 3.59. The van der Waals surface area contributed by atoms with Crippen molar-refractivity contribution in [3.05, 3.63) is 56.7 Å². The second-order valence-corrected chi connectivity index (χ2v) is 5.37. The van der Waals surface area contributed by atoms with Crippen LogP contribution in [0.5, 0.6) is 5.75 Å². The van der Waals surface area contributed by atoms with Gasteiger partial charge in [0.05, 0.1) is 12.1 Å². The van der Waals surface area contributed by atoms with E-state index in [2.05, 4.69) is 20.9 Å². The lowest BCUT2D eigenvalue weighted by atomic mass is 10.1. The molecule has 0 fully saturated rings. The van der Waals surface area contributed by atoms with Crippen LogP contribution in [0.1, 0.15) is 23.1 Å². The van der Waals surface area contributed by atoms with Crippen molar-refractivity contribution >= 4 is 21.7 Å². The maximum absolute atomic E-state index is 12.0. The zero-order chi connectivity index (χ0) is 15.4. The van der Waals surface area contributed by atoms with Crippen LogP contribution in [0, 0.1) is 6.92 Å². The topological polar surface area (TPSA) is 61.2 Å². The highest BCUT2D eigenvalue weighted by molar-refractivity contribution is 9.10. The van der Waals surface area contributed by atoms with Crippen LogP contribution in [0.4, 0.5) is 0 Å². The van der Waals surface area contributed by atoms with E-state index in [1.165, 1.54) is 17.7 Å². The Morgan fingerprint density at radius 3 is 2.81 bits per heavy atom. The highest BCUT2D eigenvalue weighted by Crippen LogP contribution is 2.18. The maximum Gasteiger partial charge on any atom is 0.267 e. The first-order valence-corrected chi connectivity index (χ1v) is 7.24. The monoisotopic (exact) mass is 350 g/mol. The molecule has 0 amide bonds. The van der Waals surface area contributed by atoms with Gasteiger partial charge in [0.2, 0.25) is 0 Å². The van der Waals surface area contributed by atoms with Gasteiger partial charge >= 0.3 is 0 Å². The number of hydrogen-bond donors (Lipinski definition) is 0. The number of rotatable bonds is 5. The van der Waals surface area contributed by atoms with E-state index >= 15 is 0 Å². The molecule has 0 radical (unpaired) electrons. The summed E-state index contributed by atoms with van der Waals surface area (Å²) in [5.41, 5.74) is 0.389. The predicted octanol–water partition coefficient (Wildman–Crippen LogP) is 2.60. The molecule has 1 heterocycles. The van der Waals surface area contributed by atoms with E-state index in [9.17, 15) is 9.59 Å². The molecule has 2 rings (SSSR count). The molecule has 0 unspecified atom stereocenters. The molecule has 2 aromatic rings. The number of ketones is 1. The van der Waals surface area contributed by atoms with E-state index in [0.717, 1.165) is 0 Å². The molecule has 6 heteroatoms. The van der Waals surface area contributed by atoms with Crippen LogP contribution in [-0.4, -0.2) is 21.9 Å². The van der Waals surface area contributed by atoms with Gasteiger partial charge in [-0.1, -0.05) is 12.1 Å². The van der Waals surface area contributed by atoms with Gasteiger partial charge < -0.3 is 4.74 Å². The molecule has 0 saturated carbocycles. The Morgan fingerprint density at radius 2 is 2.10 bits per heavy atom. The van der Waals surface area contributed by atoms with Crippen molar-refractivity contribution in [2.45, 2.75) is 20.4 Å². The number of ether oxygens (including phenoxy) is 1. The molecule has 0 aliphatic carbocycles. The number of benzene rings is 1. The molecule has 0 aliphatic rings. The van der Waals surface area contributed by atoms with Crippen molar-refractivity contribution in [2.24, 2.45) is 0 Å². The summed E-state index contributed by atoms with van der Waals surface area (Å²) < 4.78 is 7.57. The van der Waals surface area contributed by atoms with Crippen LogP contribution >= 0.6 is 15.9 Å². The standard InChI is InChI=1S/C15H15BrN2O3/c1-10(19)12-5-3-4-6-14(12)21-8-7-18-11(2)17-9-13(16)15(18)20/h3-6,9H,7-8H2,1-2H3.